The van der Waals surface area contributed by atoms with Gasteiger partial charge in [0.2, 0.25) is 18.1 Å². The average Bonchev–Trinajstić information content (AvgIpc) is 3.29. The first kappa shape index (κ1) is 22.8. The van der Waals surface area contributed by atoms with Crippen molar-refractivity contribution in [3.05, 3.63) is 48.2 Å². The standard InChI is InChI=1S/C22H25FN6O4/c1-22(20(31)25-9-10-30)11-32-19(33-12-22)18-28-16(13-3-5-14(23)6-4-13)17(29-18)15-7-8-26-21(24-2)27-15/h3-8,19,30H,9-12H2,1-2H3,(H,25,31)(H,28,29)(H,24,26,27). The number of aromatic amines is 1. The van der Waals surface area contributed by atoms with Crippen LogP contribution in [0.3, 0.4) is 0 Å². The molecule has 1 saturated heterocycles. The summed E-state index contributed by atoms with van der Waals surface area (Å²) >= 11 is 0. The smallest absolute Gasteiger partial charge is 0.230 e. The number of amides is 1. The molecule has 4 rings (SSSR count). The molecular weight excluding hydrogens is 431 g/mol. The molecule has 0 saturated carbocycles. The minimum atomic E-state index is -0.894. The summed E-state index contributed by atoms with van der Waals surface area (Å²) in [7, 11) is 1.72. The molecule has 1 aliphatic heterocycles. The van der Waals surface area contributed by atoms with Crippen LogP contribution in [0.4, 0.5) is 10.3 Å². The molecule has 4 N–H and O–H groups in total. The summed E-state index contributed by atoms with van der Waals surface area (Å²) in [6.07, 6.45) is 0.787. The first-order valence-corrected chi connectivity index (χ1v) is 10.4. The highest BCUT2D eigenvalue weighted by Gasteiger charge is 2.40. The topological polar surface area (TPSA) is 134 Å². The second-order valence-corrected chi connectivity index (χ2v) is 7.86. The number of carbonyl (C=O) groups excluding carboxylic acids is 1. The highest BCUT2D eigenvalue weighted by atomic mass is 19.1. The molecule has 10 nitrogen and oxygen atoms in total. The van der Waals surface area contributed by atoms with Crippen LogP contribution in [-0.2, 0) is 14.3 Å². The van der Waals surface area contributed by atoms with Gasteiger partial charge in [-0.15, -0.1) is 0 Å². The molecule has 0 unspecified atom stereocenters. The van der Waals surface area contributed by atoms with Gasteiger partial charge >= 0.3 is 0 Å². The number of rotatable bonds is 7. The summed E-state index contributed by atoms with van der Waals surface area (Å²) in [5.74, 6) is 0.214. The third-order valence-electron chi connectivity index (χ3n) is 5.25. The summed E-state index contributed by atoms with van der Waals surface area (Å²) < 4.78 is 25.2. The fraction of sp³-hybridized carbons (Fsp3) is 0.364. The molecule has 2 aromatic heterocycles. The van der Waals surface area contributed by atoms with Gasteiger partial charge in [-0.3, -0.25) is 4.79 Å². The Hall–Kier alpha value is -3.41. The summed E-state index contributed by atoms with van der Waals surface area (Å²) in [4.78, 5) is 28.9. The van der Waals surface area contributed by atoms with E-state index in [9.17, 15) is 9.18 Å². The summed E-state index contributed by atoms with van der Waals surface area (Å²) in [5, 5.41) is 14.5. The molecule has 0 radical (unpaired) electrons. The predicted molar refractivity (Wildman–Crippen MR) is 117 cm³/mol. The number of ether oxygens (including phenoxy) is 2. The van der Waals surface area contributed by atoms with Crippen LogP contribution in [0.5, 0.6) is 0 Å². The van der Waals surface area contributed by atoms with Gasteiger partial charge < -0.3 is 30.2 Å². The van der Waals surface area contributed by atoms with Gasteiger partial charge in [-0.05, 0) is 37.3 Å². The van der Waals surface area contributed by atoms with Crippen LogP contribution in [0.25, 0.3) is 22.6 Å². The number of anilines is 1. The maximum absolute atomic E-state index is 13.5. The summed E-state index contributed by atoms with van der Waals surface area (Å²) in [5.41, 5.74) is 1.51. The van der Waals surface area contributed by atoms with Crippen molar-refractivity contribution >= 4 is 11.9 Å². The maximum Gasteiger partial charge on any atom is 0.230 e. The van der Waals surface area contributed by atoms with Crippen LogP contribution in [0.2, 0.25) is 0 Å². The number of benzene rings is 1. The Balaban J connectivity index is 1.63. The van der Waals surface area contributed by atoms with Crippen molar-refractivity contribution in [2.75, 3.05) is 38.7 Å². The molecule has 174 valence electrons. The predicted octanol–water partition coefficient (Wildman–Crippen LogP) is 1.87. The minimum absolute atomic E-state index is 0.105. The zero-order valence-corrected chi connectivity index (χ0v) is 18.3. The summed E-state index contributed by atoms with van der Waals surface area (Å²) in [6, 6.07) is 7.71. The molecule has 3 aromatic rings. The number of aliphatic hydroxyl groups excluding tert-OH is 1. The van der Waals surface area contributed by atoms with Crippen LogP contribution in [0.1, 0.15) is 19.0 Å². The van der Waals surface area contributed by atoms with E-state index in [1.165, 1.54) is 12.1 Å². The Kier molecular flexibility index (Phi) is 6.63. The quantitative estimate of drug-likeness (QED) is 0.423. The van der Waals surface area contributed by atoms with Crippen LogP contribution in [-0.4, -0.2) is 64.4 Å². The van der Waals surface area contributed by atoms with E-state index in [-0.39, 0.29) is 38.1 Å². The zero-order chi connectivity index (χ0) is 23.4. The van der Waals surface area contributed by atoms with E-state index in [0.717, 1.165) is 0 Å². The molecule has 0 aliphatic carbocycles. The van der Waals surface area contributed by atoms with E-state index in [2.05, 4.69) is 30.6 Å². The van der Waals surface area contributed by atoms with Gasteiger partial charge in [-0.2, -0.15) is 0 Å². The largest absolute Gasteiger partial charge is 0.395 e. The highest BCUT2D eigenvalue weighted by Crippen LogP contribution is 2.35. The second kappa shape index (κ2) is 9.61. The molecule has 1 aliphatic rings. The molecule has 33 heavy (non-hydrogen) atoms. The first-order chi connectivity index (χ1) is 15.9. The molecule has 1 fully saturated rings. The SMILES string of the molecule is CNc1nccc(-c2[nH]c(C3OCC(C)(C(=O)NCCO)CO3)nc2-c2ccc(F)cc2)n1. The molecule has 3 heterocycles. The van der Waals surface area contributed by atoms with E-state index in [0.29, 0.717) is 34.4 Å². The number of carbonyl (C=O) groups is 1. The van der Waals surface area contributed by atoms with Crippen molar-refractivity contribution in [2.24, 2.45) is 5.41 Å². The van der Waals surface area contributed by atoms with Gasteiger partial charge in [0.1, 0.15) is 5.82 Å². The lowest BCUT2D eigenvalue weighted by Gasteiger charge is -2.35. The Morgan fingerprint density at radius 3 is 2.64 bits per heavy atom. The van der Waals surface area contributed by atoms with Crippen molar-refractivity contribution in [1.29, 1.82) is 0 Å². The second-order valence-electron chi connectivity index (χ2n) is 7.86. The van der Waals surface area contributed by atoms with Gasteiger partial charge in [-0.1, -0.05) is 0 Å². The first-order valence-electron chi connectivity index (χ1n) is 10.4. The number of hydrogen-bond acceptors (Lipinski definition) is 8. The monoisotopic (exact) mass is 456 g/mol. The molecule has 1 amide bonds. The van der Waals surface area contributed by atoms with E-state index in [4.69, 9.17) is 14.6 Å². The molecule has 11 heteroatoms. The average molecular weight is 456 g/mol. The summed E-state index contributed by atoms with van der Waals surface area (Å²) in [6.45, 7) is 1.95. The normalized spacial score (nSPS) is 20.4. The maximum atomic E-state index is 13.5. The number of hydrogen-bond donors (Lipinski definition) is 4. The minimum Gasteiger partial charge on any atom is -0.395 e. The molecule has 0 spiro atoms. The lowest BCUT2D eigenvalue weighted by atomic mass is 9.91. The zero-order valence-electron chi connectivity index (χ0n) is 18.3. The molecule has 0 bridgehead atoms. The number of aromatic nitrogens is 4. The Morgan fingerprint density at radius 1 is 1.24 bits per heavy atom. The van der Waals surface area contributed by atoms with E-state index < -0.39 is 11.7 Å². The Morgan fingerprint density at radius 2 is 1.97 bits per heavy atom. The van der Waals surface area contributed by atoms with Crippen LogP contribution >= 0.6 is 0 Å². The van der Waals surface area contributed by atoms with Gasteiger partial charge in [0.25, 0.3) is 0 Å². The highest BCUT2D eigenvalue weighted by molar-refractivity contribution is 5.82. The lowest BCUT2D eigenvalue weighted by molar-refractivity contribution is -0.231. The van der Waals surface area contributed by atoms with E-state index in [1.54, 1.807) is 38.4 Å². The van der Waals surface area contributed by atoms with Gasteiger partial charge in [0, 0.05) is 25.4 Å². The van der Waals surface area contributed by atoms with Crippen molar-refractivity contribution in [2.45, 2.75) is 13.2 Å². The molecule has 0 atom stereocenters. The van der Waals surface area contributed by atoms with Gasteiger partial charge in [0.15, 0.2) is 5.82 Å². The number of nitrogens with one attached hydrogen (secondary N) is 3. The van der Waals surface area contributed by atoms with Crippen molar-refractivity contribution in [3.8, 4) is 22.6 Å². The Bertz CT molecular complexity index is 1110. The van der Waals surface area contributed by atoms with Crippen LogP contribution in [0, 0.1) is 11.2 Å². The fourth-order valence-electron chi connectivity index (χ4n) is 3.40. The Labute approximate surface area is 189 Å². The van der Waals surface area contributed by atoms with Gasteiger partial charge in [-0.25, -0.2) is 19.3 Å². The number of aliphatic hydroxyl groups is 1. The number of nitrogens with zero attached hydrogens (tertiary/aromatic N) is 3. The van der Waals surface area contributed by atoms with Crippen molar-refractivity contribution in [1.82, 2.24) is 25.3 Å². The van der Waals surface area contributed by atoms with Crippen LogP contribution < -0.4 is 10.6 Å². The van der Waals surface area contributed by atoms with Crippen molar-refractivity contribution < 1.29 is 23.8 Å². The number of H-pyrrole nitrogens is 1. The fourth-order valence-corrected chi connectivity index (χ4v) is 3.40. The third-order valence-corrected chi connectivity index (χ3v) is 5.25. The van der Waals surface area contributed by atoms with Crippen LogP contribution in [0.15, 0.2) is 36.5 Å². The molecule has 1 aromatic carbocycles. The number of imidazole rings is 1. The lowest BCUT2D eigenvalue weighted by Crippen LogP contribution is -2.49. The third kappa shape index (κ3) is 4.85. The van der Waals surface area contributed by atoms with Crippen molar-refractivity contribution in [3.63, 3.8) is 0 Å². The number of halogens is 1. The van der Waals surface area contributed by atoms with E-state index >= 15 is 0 Å². The molecular formula is C22H25FN6O4. The van der Waals surface area contributed by atoms with E-state index in [1.807, 2.05) is 0 Å². The van der Waals surface area contributed by atoms with Gasteiger partial charge in [0.05, 0.1) is 42.3 Å².